The number of carbonyl (C=O) groups excluding carboxylic acids is 2. The summed E-state index contributed by atoms with van der Waals surface area (Å²) in [6.45, 7) is 1.90. The van der Waals surface area contributed by atoms with Crippen LogP contribution in [0.1, 0.15) is 28.8 Å². The van der Waals surface area contributed by atoms with Crippen molar-refractivity contribution in [3.05, 3.63) is 90.0 Å². The lowest BCUT2D eigenvalue weighted by Gasteiger charge is -2.13. The molecule has 178 valence electrons. The van der Waals surface area contributed by atoms with Crippen molar-refractivity contribution in [3.63, 3.8) is 0 Å². The number of anilines is 1. The Labute approximate surface area is 199 Å². The van der Waals surface area contributed by atoms with E-state index in [-0.39, 0.29) is 16.4 Å². The molecule has 1 atom stereocenters. The number of esters is 1. The number of nitrogens with one attached hydrogen (secondary N) is 2. The summed E-state index contributed by atoms with van der Waals surface area (Å²) in [6, 6.07) is 21.5. The van der Waals surface area contributed by atoms with Gasteiger partial charge in [0.2, 0.25) is 0 Å². The third-order valence-electron chi connectivity index (χ3n) is 5.03. The minimum absolute atomic E-state index is 0.0167. The molecule has 0 aliphatic carbocycles. The van der Waals surface area contributed by atoms with E-state index in [1.807, 2.05) is 37.3 Å². The lowest BCUT2D eigenvalue weighted by molar-refractivity contribution is -0.124. The molecule has 34 heavy (non-hydrogen) atoms. The Kier molecular flexibility index (Phi) is 8.26. The van der Waals surface area contributed by atoms with Gasteiger partial charge in [-0.2, -0.15) is 0 Å². The van der Waals surface area contributed by atoms with Gasteiger partial charge in [0.05, 0.1) is 17.6 Å². The summed E-state index contributed by atoms with van der Waals surface area (Å²) in [5.74, 6) is -0.555. The fourth-order valence-electron chi connectivity index (χ4n) is 3.10. The van der Waals surface area contributed by atoms with Gasteiger partial charge in [0.15, 0.2) is 6.61 Å². The van der Waals surface area contributed by atoms with E-state index in [1.54, 1.807) is 24.3 Å². The van der Waals surface area contributed by atoms with Crippen molar-refractivity contribution in [2.45, 2.75) is 17.7 Å². The van der Waals surface area contributed by atoms with Crippen molar-refractivity contribution in [2.24, 2.45) is 0 Å². The molecule has 0 aliphatic heterocycles. The zero-order chi connectivity index (χ0) is 24.6. The summed E-state index contributed by atoms with van der Waals surface area (Å²) in [5, 5.41) is 2.73. The summed E-state index contributed by atoms with van der Waals surface area (Å²) in [4.78, 5) is 24.4. The maximum absolute atomic E-state index is 12.7. The minimum atomic E-state index is -3.94. The summed E-state index contributed by atoms with van der Waals surface area (Å²) in [5.41, 5.74) is 1.44. The van der Waals surface area contributed by atoms with Crippen molar-refractivity contribution >= 4 is 27.6 Å². The van der Waals surface area contributed by atoms with Crippen LogP contribution in [0.2, 0.25) is 0 Å². The Morgan fingerprint density at radius 3 is 2.32 bits per heavy atom. The largest absolute Gasteiger partial charge is 0.497 e. The van der Waals surface area contributed by atoms with Crippen LogP contribution in [0.5, 0.6) is 5.75 Å². The number of benzene rings is 3. The smallest absolute Gasteiger partial charge is 0.338 e. The molecule has 0 saturated carbocycles. The molecule has 0 heterocycles. The Morgan fingerprint density at radius 2 is 1.65 bits per heavy atom. The number of amides is 1. The predicted molar refractivity (Wildman–Crippen MR) is 128 cm³/mol. The standard InChI is InChI=1S/C25H26N2O6S/c1-18(19-7-4-3-5-8-19)16-26-24(28)17-33-25(29)20-9-6-10-23(15-20)34(30,31)27-21-11-13-22(32-2)14-12-21/h3-15,18,27H,16-17H2,1-2H3,(H,26,28)/t18-/m1/s1. The van der Waals surface area contributed by atoms with Gasteiger partial charge in [-0.15, -0.1) is 0 Å². The van der Waals surface area contributed by atoms with Crippen LogP contribution < -0.4 is 14.8 Å². The van der Waals surface area contributed by atoms with Gasteiger partial charge >= 0.3 is 5.97 Å². The second-order valence-corrected chi connectivity index (χ2v) is 9.24. The highest BCUT2D eigenvalue weighted by Crippen LogP contribution is 2.20. The molecule has 9 heteroatoms. The van der Waals surface area contributed by atoms with E-state index in [4.69, 9.17) is 9.47 Å². The minimum Gasteiger partial charge on any atom is -0.497 e. The lowest BCUT2D eigenvalue weighted by atomic mass is 10.0. The fraction of sp³-hybridized carbons (Fsp3) is 0.200. The van der Waals surface area contributed by atoms with Crippen LogP contribution in [0.15, 0.2) is 83.8 Å². The van der Waals surface area contributed by atoms with Crippen LogP contribution in [-0.4, -0.2) is 40.6 Å². The second-order valence-electron chi connectivity index (χ2n) is 7.55. The van der Waals surface area contributed by atoms with E-state index in [0.717, 1.165) is 5.56 Å². The van der Waals surface area contributed by atoms with Gasteiger partial charge < -0.3 is 14.8 Å². The van der Waals surface area contributed by atoms with Gasteiger partial charge in [0.1, 0.15) is 5.75 Å². The molecule has 0 aliphatic rings. The monoisotopic (exact) mass is 482 g/mol. The maximum atomic E-state index is 12.7. The van der Waals surface area contributed by atoms with Crippen molar-refractivity contribution in [2.75, 3.05) is 25.0 Å². The molecule has 3 aromatic carbocycles. The van der Waals surface area contributed by atoms with E-state index in [2.05, 4.69) is 10.0 Å². The highest BCUT2D eigenvalue weighted by atomic mass is 32.2. The van der Waals surface area contributed by atoms with Crippen LogP contribution >= 0.6 is 0 Å². The Hall–Kier alpha value is -3.85. The fourth-order valence-corrected chi connectivity index (χ4v) is 4.20. The highest BCUT2D eigenvalue weighted by molar-refractivity contribution is 7.92. The molecule has 0 bridgehead atoms. The average Bonchev–Trinajstić information content (AvgIpc) is 2.86. The topological polar surface area (TPSA) is 111 Å². The van der Waals surface area contributed by atoms with E-state index in [1.165, 1.54) is 31.4 Å². The first kappa shape index (κ1) is 24.8. The van der Waals surface area contributed by atoms with Gasteiger partial charge in [-0.3, -0.25) is 9.52 Å². The maximum Gasteiger partial charge on any atom is 0.338 e. The van der Waals surface area contributed by atoms with E-state index >= 15 is 0 Å². The molecule has 8 nitrogen and oxygen atoms in total. The average molecular weight is 483 g/mol. The molecule has 2 N–H and O–H groups in total. The van der Waals surface area contributed by atoms with Gasteiger partial charge in [0.25, 0.3) is 15.9 Å². The van der Waals surface area contributed by atoms with Crippen molar-refractivity contribution in [1.29, 1.82) is 0 Å². The van der Waals surface area contributed by atoms with Gasteiger partial charge in [-0.25, -0.2) is 13.2 Å². The van der Waals surface area contributed by atoms with Gasteiger partial charge in [0, 0.05) is 12.2 Å². The summed E-state index contributed by atoms with van der Waals surface area (Å²) in [7, 11) is -2.43. The van der Waals surface area contributed by atoms with Crippen LogP contribution in [0.25, 0.3) is 0 Å². The summed E-state index contributed by atoms with van der Waals surface area (Å²) in [6.07, 6.45) is 0. The molecule has 0 aromatic heterocycles. The third kappa shape index (κ3) is 6.82. The Balaban J connectivity index is 1.55. The summed E-state index contributed by atoms with van der Waals surface area (Å²) < 4.78 is 38.0. The molecule has 3 rings (SSSR count). The molecule has 0 unspecified atom stereocenters. The molecular formula is C25H26N2O6S. The molecule has 0 saturated heterocycles. The number of hydrogen-bond acceptors (Lipinski definition) is 6. The predicted octanol–water partition coefficient (Wildman–Crippen LogP) is 3.57. The van der Waals surface area contributed by atoms with E-state index < -0.39 is 28.5 Å². The zero-order valence-electron chi connectivity index (χ0n) is 18.9. The van der Waals surface area contributed by atoms with Crippen LogP contribution in [0.4, 0.5) is 5.69 Å². The van der Waals surface area contributed by atoms with E-state index in [9.17, 15) is 18.0 Å². The quantitative estimate of drug-likeness (QED) is 0.428. The Morgan fingerprint density at radius 1 is 0.941 bits per heavy atom. The zero-order valence-corrected chi connectivity index (χ0v) is 19.7. The lowest BCUT2D eigenvalue weighted by Crippen LogP contribution is -2.31. The first-order valence-corrected chi connectivity index (χ1v) is 12.0. The van der Waals surface area contributed by atoms with Crippen LogP contribution in [0.3, 0.4) is 0 Å². The third-order valence-corrected chi connectivity index (χ3v) is 6.41. The first-order valence-electron chi connectivity index (χ1n) is 10.5. The molecule has 1 amide bonds. The summed E-state index contributed by atoms with van der Waals surface area (Å²) >= 11 is 0. The number of hydrogen-bond donors (Lipinski definition) is 2. The van der Waals surface area contributed by atoms with E-state index in [0.29, 0.717) is 18.0 Å². The van der Waals surface area contributed by atoms with Crippen LogP contribution in [-0.2, 0) is 19.6 Å². The van der Waals surface area contributed by atoms with Gasteiger partial charge in [-0.1, -0.05) is 43.3 Å². The van der Waals surface area contributed by atoms with Crippen molar-refractivity contribution < 1.29 is 27.5 Å². The van der Waals surface area contributed by atoms with Crippen molar-refractivity contribution in [1.82, 2.24) is 5.32 Å². The SMILES string of the molecule is COc1ccc(NS(=O)(=O)c2cccc(C(=O)OCC(=O)NC[C@@H](C)c3ccccc3)c2)cc1. The number of rotatable bonds is 10. The molecule has 0 fully saturated rings. The van der Waals surface area contributed by atoms with Crippen LogP contribution in [0, 0.1) is 0 Å². The molecule has 0 radical (unpaired) electrons. The second kappa shape index (κ2) is 11.3. The van der Waals surface area contributed by atoms with Gasteiger partial charge in [-0.05, 0) is 53.9 Å². The van der Waals surface area contributed by atoms with Crippen molar-refractivity contribution in [3.8, 4) is 5.75 Å². The number of methoxy groups -OCH3 is 1. The highest BCUT2D eigenvalue weighted by Gasteiger charge is 2.18. The number of sulfonamides is 1. The first-order chi connectivity index (χ1) is 16.3. The normalized spacial score (nSPS) is 11.8. The number of ether oxygens (including phenoxy) is 2. The number of carbonyl (C=O) groups is 2. The molecule has 3 aromatic rings. The Bertz CT molecular complexity index is 1230. The molecular weight excluding hydrogens is 456 g/mol. The molecule has 0 spiro atoms.